The summed E-state index contributed by atoms with van der Waals surface area (Å²) < 4.78 is 17.2. The minimum Gasteiger partial charge on any atom is -0.493 e. The van der Waals surface area contributed by atoms with Gasteiger partial charge < -0.3 is 19.2 Å². The van der Waals surface area contributed by atoms with E-state index in [2.05, 4.69) is 15.4 Å². The van der Waals surface area contributed by atoms with Crippen LogP contribution in [0.25, 0.3) is 11.6 Å². The first-order valence-corrected chi connectivity index (χ1v) is 9.73. The summed E-state index contributed by atoms with van der Waals surface area (Å²) in [6.07, 6.45) is 1.52. The maximum Gasteiger partial charge on any atom is 0.281 e. The topological polar surface area (TPSA) is 91.4 Å². The lowest BCUT2D eigenvalue weighted by Gasteiger charge is -2.11. The summed E-state index contributed by atoms with van der Waals surface area (Å²) in [5.74, 6) is 1.92. The zero-order valence-electron chi connectivity index (χ0n) is 16.8. The highest BCUT2D eigenvalue weighted by Crippen LogP contribution is 2.28. The van der Waals surface area contributed by atoms with E-state index < -0.39 is 0 Å². The van der Waals surface area contributed by atoms with Gasteiger partial charge in [-0.25, -0.2) is 0 Å². The van der Waals surface area contributed by atoms with E-state index in [0.29, 0.717) is 40.2 Å². The van der Waals surface area contributed by atoms with Gasteiger partial charge in [0, 0.05) is 17.1 Å². The minimum absolute atomic E-state index is 0.279. The van der Waals surface area contributed by atoms with Gasteiger partial charge in [-0.05, 0) is 54.1 Å². The molecule has 2 aromatic carbocycles. The molecular formula is C22H19ClN4O4. The number of carbonyl (C=O) groups excluding carboxylic acids is 1. The fourth-order valence-electron chi connectivity index (χ4n) is 2.96. The lowest BCUT2D eigenvalue weighted by Crippen LogP contribution is -2.17. The molecule has 9 heteroatoms. The number of hydrogen-bond donors (Lipinski definition) is 1. The van der Waals surface area contributed by atoms with Gasteiger partial charge in [0.05, 0.1) is 20.5 Å². The molecule has 0 aliphatic rings. The zero-order chi connectivity index (χ0) is 21.8. The zero-order valence-corrected chi connectivity index (χ0v) is 17.6. The second-order valence-corrected chi connectivity index (χ2v) is 6.94. The highest BCUT2D eigenvalue weighted by molar-refractivity contribution is 6.30. The highest BCUT2D eigenvalue weighted by atomic mass is 35.5. The number of furan rings is 1. The van der Waals surface area contributed by atoms with Crippen molar-refractivity contribution in [3.05, 3.63) is 77.0 Å². The van der Waals surface area contributed by atoms with Gasteiger partial charge in [0.15, 0.2) is 17.3 Å². The van der Waals surface area contributed by atoms with E-state index in [1.165, 1.54) is 10.9 Å². The standard InChI is InChI=1S/C22H19ClN4O4/c1-29-17-10-5-14(12-19(17)30-2)13-24-22-25-20(18-4-3-11-31-18)26-27(22)21(28)15-6-8-16(23)9-7-15/h3-12H,13H2,1-2H3,(H,24,25,26). The SMILES string of the molecule is COc1ccc(CNc2nc(-c3ccco3)nn2C(=O)c2ccc(Cl)cc2)cc1OC. The summed E-state index contributed by atoms with van der Waals surface area (Å²) in [5.41, 5.74) is 1.33. The number of methoxy groups -OCH3 is 2. The van der Waals surface area contributed by atoms with Crippen molar-refractivity contribution in [3.8, 4) is 23.1 Å². The van der Waals surface area contributed by atoms with Crippen LogP contribution < -0.4 is 14.8 Å². The van der Waals surface area contributed by atoms with Crippen LogP contribution in [0.4, 0.5) is 5.95 Å². The van der Waals surface area contributed by atoms with Crippen LogP contribution in [0.2, 0.25) is 5.02 Å². The second kappa shape index (κ2) is 8.93. The summed E-state index contributed by atoms with van der Waals surface area (Å²) in [5, 5.41) is 8.05. The Morgan fingerprint density at radius 1 is 1.10 bits per heavy atom. The van der Waals surface area contributed by atoms with Gasteiger partial charge in [0.1, 0.15) is 0 Å². The predicted molar refractivity (Wildman–Crippen MR) is 116 cm³/mol. The number of halogens is 1. The van der Waals surface area contributed by atoms with Crippen LogP contribution in [0.15, 0.2) is 65.3 Å². The van der Waals surface area contributed by atoms with Crippen molar-refractivity contribution in [2.24, 2.45) is 0 Å². The van der Waals surface area contributed by atoms with E-state index in [0.717, 1.165) is 5.56 Å². The molecule has 0 unspecified atom stereocenters. The van der Waals surface area contributed by atoms with Gasteiger partial charge in [-0.15, -0.1) is 5.10 Å². The van der Waals surface area contributed by atoms with Crippen LogP contribution >= 0.6 is 11.6 Å². The summed E-state index contributed by atoms with van der Waals surface area (Å²) in [6, 6.07) is 15.6. The lowest BCUT2D eigenvalue weighted by atomic mass is 10.2. The summed E-state index contributed by atoms with van der Waals surface area (Å²) >= 11 is 5.94. The summed E-state index contributed by atoms with van der Waals surface area (Å²) in [6.45, 7) is 0.380. The van der Waals surface area contributed by atoms with Crippen molar-refractivity contribution in [2.45, 2.75) is 6.54 Å². The molecule has 1 N–H and O–H groups in total. The van der Waals surface area contributed by atoms with Gasteiger partial charge in [-0.2, -0.15) is 9.67 Å². The van der Waals surface area contributed by atoms with E-state index in [1.807, 2.05) is 18.2 Å². The molecule has 8 nitrogen and oxygen atoms in total. The van der Waals surface area contributed by atoms with Gasteiger partial charge in [-0.1, -0.05) is 17.7 Å². The maximum atomic E-state index is 13.1. The first-order chi connectivity index (χ1) is 15.1. The van der Waals surface area contributed by atoms with Crippen molar-refractivity contribution in [1.29, 1.82) is 0 Å². The number of carbonyl (C=O) groups is 1. The van der Waals surface area contributed by atoms with E-state index in [4.69, 9.17) is 25.5 Å². The largest absolute Gasteiger partial charge is 0.493 e. The molecule has 0 saturated carbocycles. The smallest absolute Gasteiger partial charge is 0.281 e. The molecule has 0 saturated heterocycles. The summed E-state index contributed by atoms with van der Waals surface area (Å²) in [4.78, 5) is 17.5. The molecule has 0 atom stereocenters. The number of aromatic nitrogens is 3. The molecule has 2 aromatic heterocycles. The van der Waals surface area contributed by atoms with Gasteiger partial charge >= 0.3 is 0 Å². The Morgan fingerprint density at radius 3 is 2.55 bits per heavy atom. The van der Waals surface area contributed by atoms with Crippen molar-refractivity contribution >= 4 is 23.5 Å². The Balaban J connectivity index is 1.64. The Kier molecular flexibility index (Phi) is 5.90. The number of hydrogen-bond acceptors (Lipinski definition) is 7. The van der Waals surface area contributed by atoms with Crippen molar-refractivity contribution < 1.29 is 18.7 Å². The van der Waals surface area contributed by atoms with Crippen LogP contribution in [-0.2, 0) is 6.54 Å². The van der Waals surface area contributed by atoms with Gasteiger partial charge in [-0.3, -0.25) is 4.79 Å². The minimum atomic E-state index is -0.350. The predicted octanol–water partition coefficient (Wildman–Crippen LogP) is 4.51. The first-order valence-electron chi connectivity index (χ1n) is 9.35. The Morgan fingerprint density at radius 2 is 1.87 bits per heavy atom. The summed E-state index contributed by atoms with van der Waals surface area (Å²) in [7, 11) is 3.16. The van der Waals surface area contributed by atoms with Crippen molar-refractivity contribution in [1.82, 2.24) is 14.8 Å². The molecule has 0 bridgehead atoms. The van der Waals surface area contributed by atoms with Crippen LogP contribution in [0.5, 0.6) is 11.5 Å². The quantitative estimate of drug-likeness (QED) is 0.454. The van der Waals surface area contributed by atoms with E-state index in [1.54, 1.807) is 50.6 Å². The molecule has 4 aromatic rings. The van der Waals surface area contributed by atoms with Crippen LogP contribution in [0.1, 0.15) is 15.9 Å². The highest BCUT2D eigenvalue weighted by Gasteiger charge is 2.20. The number of anilines is 1. The number of nitrogens with one attached hydrogen (secondary N) is 1. The molecule has 0 fully saturated rings. The normalized spacial score (nSPS) is 10.7. The average molecular weight is 439 g/mol. The number of rotatable bonds is 7. The second-order valence-electron chi connectivity index (χ2n) is 6.50. The molecule has 0 aliphatic heterocycles. The average Bonchev–Trinajstić information content (AvgIpc) is 3.47. The van der Waals surface area contributed by atoms with E-state index in [-0.39, 0.29) is 11.9 Å². The third-order valence-corrected chi connectivity index (χ3v) is 4.78. The monoisotopic (exact) mass is 438 g/mol. The van der Waals surface area contributed by atoms with Crippen LogP contribution in [0, 0.1) is 0 Å². The molecule has 0 radical (unpaired) electrons. The molecule has 4 rings (SSSR count). The molecular weight excluding hydrogens is 420 g/mol. The molecule has 158 valence electrons. The molecule has 2 heterocycles. The third kappa shape index (κ3) is 4.39. The number of ether oxygens (including phenoxy) is 2. The molecule has 0 amide bonds. The van der Waals surface area contributed by atoms with E-state index in [9.17, 15) is 4.79 Å². The Labute approximate surface area is 183 Å². The lowest BCUT2D eigenvalue weighted by molar-refractivity contribution is 0.0947. The van der Waals surface area contributed by atoms with Crippen LogP contribution in [0.3, 0.4) is 0 Å². The first kappa shape index (κ1) is 20.5. The Hall–Kier alpha value is -3.78. The Bertz CT molecular complexity index is 1190. The molecule has 31 heavy (non-hydrogen) atoms. The van der Waals surface area contributed by atoms with Crippen molar-refractivity contribution in [3.63, 3.8) is 0 Å². The van der Waals surface area contributed by atoms with Crippen LogP contribution in [-0.4, -0.2) is 34.9 Å². The molecule has 0 spiro atoms. The maximum absolute atomic E-state index is 13.1. The van der Waals surface area contributed by atoms with E-state index >= 15 is 0 Å². The molecule has 0 aliphatic carbocycles. The number of benzene rings is 2. The fraction of sp³-hybridized carbons (Fsp3) is 0.136. The number of nitrogens with zero attached hydrogens (tertiary/aromatic N) is 3. The fourth-order valence-corrected chi connectivity index (χ4v) is 3.09. The third-order valence-electron chi connectivity index (χ3n) is 4.53. The van der Waals surface area contributed by atoms with Crippen molar-refractivity contribution in [2.75, 3.05) is 19.5 Å². The van der Waals surface area contributed by atoms with Gasteiger partial charge in [0.2, 0.25) is 11.8 Å². The van der Waals surface area contributed by atoms with Gasteiger partial charge in [0.25, 0.3) is 5.91 Å².